The molecule has 1 rings (SSSR count). The van der Waals surface area contributed by atoms with E-state index in [2.05, 4.69) is 6.92 Å². The van der Waals surface area contributed by atoms with Gasteiger partial charge in [-0.2, -0.15) is 0 Å². The van der Waals surface area contributed by atoms with E-state index in [1.807, 2.05) is 27.7 Å². The molecule has 0 fully saturated rings. The quantitative estimate of drug-likeness (QED) is 0.875. The van der Waals surface area contributed by atoms with Gasteiger partial charge in [-0.15, -0.1) is 12.4 Å². The molecule has 0 aromatic heterocycles. The number of nitrogens with two attached hydrogens (primary N) is 1. The molecule has 0 saturated heterocycles. The van der Waals surface area contributed by atoms with E-state index in [1.165, 1.54) is 5.56 Å². The van der Waals surface area contributed by atoms with Gasteiger partial charge in [-0.1, -0.05) is 0 Å². The molecule has 104 valence electrons. The first kappa shape index (κ1) is 17.3. The monoisotopic (exact) mass is 277 g/mol. The van der Waals surface area contributed by atoms with Gasteiger partial charge in [0.15, 0.2) is 0 Å². The largest absolute Gasteiger partial charge is 0.324 e. The fourth-order valence-corrected chi connectivity index (χ4v) is 2.39. The van der Waals surface area contributed by atoms with Crippen LogP contribution < -0.4 is 5.73 Å². The molecule has 0 amide bonds. The number of hydrogen-bond acceptors (Lipinski definition) is 1. The van der Waals surface area contributed by atoms with Crippen LogP contribution in [-0.4, -0.2) is 6.43 Å². The Hall–Kier alpha value is -0.670. The smallest absolute Gasteiger partial charge is 0.240 e. The van der Waals surface area contributed by atoms with Gasteiger partial charge in [-0.3, -0.25) is 0 Å². The lowest BCUT2D eigenvalue weighted by Crippen LogP contribution is -2.18. The summed E-state index contributed by atoms with van der Waals surface area (Å²) < 4.78 is 24.9. The van der Waals surface area contributed by atoms with Crippen molar-refractivity contribution in [2.45, 2.75) is 53.5 Å². The highest BCUT2D eigenvalue weighted by Crippen LogP contribution is 2.31. The van der Waals surface area contributed by atoms with Crippen molar-refractivity contribution in [2.75, 3.05) is 0 Å². The molecule has 0 bridgehead atoms. The fraction of sp³-hybridized carbons (Fsp3) is 0.571. The Morgan fingerprint density at radius 1 is 0.833 bits per heavy atom. The number of benzene rings is 1. The number of halogens is 3. The topological polar surface area (TPSA) is 26.0 Å². The molecule has 0 saturated carbocycles. The van der Waals surface area contributed by atoms with Crippen molar-refractivity contribution in [3.8, 4) is 0 Å². The second kappa shape index (κ2) is 6.48. The lowest BCUT2D eigenvalue weighted by Gasteiger charge is -2.23. The molecule has 1 atom stereocenters. The third-order valence-corrected chi connectivity index (χ3v) is 3.86. The van der Waals surface area contributed by atoms with E-state index >= 15 is 0 Å². The first-order valence-electron chi connectivity index (χ1n) is 5.87. The summed E-state index contributed by atoms with van der Waals surface area (Å²) in [5, 5.41) is 0. The second-order valence-electron chi connectivity index (χ2n) is 4.77. The van der Waals surface area contributed by atoms with Crippen LogP contribution in [0.4, 0.5) is 8.78 Å². The number of rotatable bonds is 3. The van der Waals surface area contributed by atoms with Gasteiger partial charge in [0.1, 0.15) is 0 Å². The molecule has 1 aromatic carbocycles. The highest BCUT2D eigenvalue weighted by molar-refractivity contribution is 5.85. The average molecular weight is 278 g/mol. The molecule has 0 aliphatic carbocycles. The van der Waals surface area contributed by atoms with Gasteiger partial charge in [0, 0.05) is 12.5 Å². The molecule has 1 nitrogen and oxygen atoms in total. The number of hydrogen-bond donors (Lipinski definition) is 1. The van der Waals surface area contributed by atoms with E-state index in [1.54, 1.807) is 0 Å². The van der Waals surface area contributed by atoms with Crippen LogP contribution in [0.15, 0.2) is 0 Å². The van der Waals surface area contributed by atoms with Crippen molar-refractivity contribution < 1.29 is 8.78 Å². The van der Waals surface area contributed by atoms with E-state index in [0.717, 1.165) is 27.8 Å². The lowest BCUT2D eigenvalue weighted by molar-refractivity contribution is 0.128. The third kappa shape index (κ3) is 3.21. The lowest BCUT2D eigenvalue weighted by atomic mass is 9.86. The summed E-state index contributed by atoms with van der Waals surface area (Å²) in [5.74, 6) is 0. The van der Waals surface area contributed by atoms with Crippen LogP contribution in [-0.2, 0) is 0 Å². The zero-order valence-electron chi connectivity index (χ0n) is 11.6. The SMILES string of the molecule is Cc1c(C)c(C)c([C@@H](N)CC(F)F)c(C)c1C.Cl. The van der Waals surface area contributed by atoms with E-state index in [0.29, 0.717) is 0 Å². The van der Waals surface area contributed by atoms with E-state index in [-0.39, 0.29) is 18.8 Å². The minimum atomic E-state index is -2.36. The van der Waals surface area contributed by atoms with Gasteiger partial charge < -0.3 is 5.73 Å². The molecule has 0 unspecified atom stereocenters. The summed E-state index contributed by atoms with van der Waals surface area (Å²) in [7, 11) is 0. The Morgan fingerprint density at radius 3 is 1.50 bits per heavy atom. The van der Waals surface area contributed by atoms with Gasteiger partial charge in [0.05, 0.1) is 0 Å². The first-order chi connectivity index (χ1) is 7.77. The van der Waals surface area contributed by atoms with Crippen LogP contribution in [0.2, 0.25) is 0 Å². The van der Waals surface area contributed by atoms with Gasteiger partial charge in [-0.25, -0.2) is 8.78 Å². The van der Waals surface area contributed by atoms with Crippen molar-refractivity contribution in [3.63, 3.8) is 0 Å². The second-order valence-corrected chi connectivity index (χ2v) is 4.77. The standard InChI is InChI=1S/C14H21F2N.ClH/c1-7-8(2)10(4)14(11(5)9(7)3)12(17)6-13(15)16;/h12-13H,6,17H2,1-5H3;1H/t12-;/m0./s1. The Morgan fingerprint density at radius 2 is 1.17 bits per heavy atom. The van der Waals surface area contributed by atoms with Crippen molar-refractivity contribution in [1.29, 1.82) is 0 Å². The molecule has 0 radical (unpaired) electrons. The number of alkyl halides is 2. The predicted molar refractivity (Wildman–Crippen MR) is 74.9 cm³/mol. The van der Waals surface area contributed by atoms with Crippen LogP contribution in [0.3, 0.4) is 0 Å². The fourth-order valence-electron chi connectivity index (χ4n) is 2.39. The molecule has 4 heteroatoms. The van der Waals surface area contributed by atoms with Crippen LogP contribution in [0.25, 0.3) is 0 Å². The Bertz CT molecular complexity index is 401. The van der Waals surface area contributed by atoms with Gasteiger partial charge >= 0.3 is 0 Å². The Labute approximate surface area is 114 Å². The molecule has 0 aliphatic rings. The summed E-state index contributed by atoms with van der Waals surface area (Å²) in [4.78, 5) is 0. The molecular weight excluding hydrogens is 256 g/mol. The third-order valence-electron chi connectivity index (χ3n) is 3.86. The maximum absolute atomic E-state index is 12.4. The van der Waals surface area contributed by atoms with Crippen molar-refractivity contribution in [3.05, 3.63) is 33.4 Å². The van der Waals surface area contributed by atoms with Gasteiger partial charge in [0.2, 0.25) is 6.43 Å². The van der Waals surface area contributed by atoms with Crippen molar-refractivity contribution in [2.24, 2.45) is 5.73 Å². The molecule has 2 N–H and O–H groups in total. The van der Waals surface area contributed by atoms with E-state index in [9.17, 15) is 8.78 Å². The predicted octanol–water partition coefficient (Wildman–Crippen LogP) is 4.31. The van der Waals surface area contributed by atoms with Crippen LogP contribution in [0.5, 0.6) is 0 Å². The van der Waals surface area contributed by atoms with Crippen LogP contribution in [0.1, 0.15) is 45.8 Å². The molecule has 18 heavy (non-hydrogen) atoms. The summed E-state index contributed by atoms with van der Waals surface area (Å²) in [6.45, 7) is 10.0. The Balaban J connectivity index is 0.00000289. The molecule has 0 heterocycles. The first-order valence-corrected chi connectivity index (χ1v) is 5.87. The van der Waals surface area contributed by atoms with Crippen molar-refractivity contribution >= 4 is 12.4 Å². The van der Waals surface area contributed by atoms with E-state index in [4.69, 9.17) is 5.73 Å². The maximum Gasteiger partial charge on any atom is 0.240 e. The molecular formula is C14H22ClF2N. The minimum Gasteiger partial charge on any atom is -0.324 e. The summed E-state index contributed by atoms with van der Waals surface area (Å²) in [6.07, 6.45) is -2.63. The highest BCUT2D eigenvalue weighted by Gasteiger charge is 2.20. The van der Waals surface area contributed by atoms with Gasteiger partial charge in [-0.05, 0) is 68.0 Å². The highest BCUT2D eigenvalue weighted by atomic mass is 35.5. The normalized spacial score (nSPS) is 12.5. The average Bonchev–Trinajstić information content (AvgIpc) is 2.23. The van der Waals surface area contributed by atoms with Crippen LogP contribution >= 0.6 is 12.4 Å². The zero-order valence-corrected chi connectivity index (χ0v) is 12.4. The zero-order chi connectivity index (χ0) is 13.3. The summed E-state index contributed by atoms with van der Waals surface area (Å²) in [5.41, 5.74) is 12.5. The summed E-state index contributed by atoms with van der Waals surface area (Å²) in [6, 6.07) is -0.576. The molecule has 0 spiro atoms. The minimum absolute atomic E-state index is 0. The summed E-state index contributed by atoms with van der Waals surface area (Å²) >= 11 is 0. The molecule has 0 aliphatic heterocycles. The maximum atomic E-state index is 12.4. The van der Waals surface area contributed by atoms with Crippen molar-refractivity contribution in [1.82, 2.24) is 0 Å². The van der Waals surface area contributed by atoms with Crippen LogP contribution in [0, 0.1) is 34.6 Å². The molecule has 1 aromatic rings. The van der Waals surface area contributed by atoms with E-state index < -0.39 is 12.5 Å². The Kier molecular flexibility index (Phi) is 6.24. The van der Waals surface area contributed by atoms with Gasteiger partial charge in [0.25, 0.3) is 0 Å².